The van der Waals surface area contributed by atoms with Crippen LogP contribution < -0.4 is 0 Å². The van der Waals surface area contributed by atoms with Gasteiger partial charge in [-0.2, -0.15) is 0 Å². The molecule has 0 unspecified atom stereocenters. The van der Waals surface area contributed by atoms with Crippen molar-refractivity contribution in [3.63, 3.8) is 0 Å². The van der Waals surface area contributed by atoms with Crippen molar-refractivity contribution in [3.8, 4) is 0 Å². The number of hydrogen-bond acceptors (Lipinski definition) is 0. The SMILES string of the molecule is [3H]c1ccccc1C. The van der Waals surface area contributed by atoms with Crippen LogP contribution in [0.4, 0.5) is 0 Å². The third-order valence-electron chi connectivity index (χ3n) is 0.865. The van der Waals surface area contributed by atoms with Crippen LogP contribution >= 0.6 is 0 Å². The first-order valence-electron chi connectivity index (χ1n) is 2.83. The highest BCUT2D eigenvalue weighted by Gasteiger charge is 1.72. The van der Waals surface area contributed by atoms with Crippen molar-refractivity contribution in [2.75, 3.05) is 0 Å². The van der Waals surface area contributed by atoms with Crippen LogP contribution in [0.5, 0.6) is 0 Å². The topological polar surface area (TPSA) is 0 Å². The lowest BCUT2D eigenvalue weighted by Crippen LogP contribution is -1.62. The van der Waals surface area contributed by atoms with Crippen LogP contribution in [0, 0.1) is 6.92 Å². The van der Waals surface area contributed by atoms with Crippen molar-refractivity contribution < 1.29 is 1.37 Å². The van der Waals surface area contributed by atoms with Gasteiger partial charge in [-0.05, 0) is 6.92 Å². The zero-order valence-corrected chi connectivity index (χ0v) is 4.31. The molecule has 0 radical (unpaired) electrons. The van der Waals surface area contributed by atoms with Gasteiger partial charge in [0.1, 0.15) is 0 Å². The van der Waals surface area contributed by atoms with Gasteiger partial charge in [-0.25, -0.2) is 0 Å². The second kappa shape index (κ2) is 1.78. The molecule has 1 rings (SSSR count). The smallest absolute Gasteiger partial charge is 0.0622 e. The van der Waals surface area contributed by atoms with Crippen molar-refractivity contribution in [3.05, 3.63) is 35.9 Å². The van der Waals surface area contributed by atoms with Crippen LogP contribution in [-0.2, 0) is 0 Å². The van der Waals surface area contributed by atoms with E-state index in [9.17, 15) is 0 Å². The second-order valence-corrected chi connectivity index (χ2v) is 1.55. The van der Waals surface area contributed by atoms with Crippen LogP contribution in [0.3, 0.4) is 0 Å². The van der Waals surface area contributed by atoms with Gasteiger partial charge in [-0.15, -0.1) is 0 Å². The molecule has 0 aromatic heterocycles. The molecule has 0 bridgehead atoms. The van der Waals surface area contributed by atoms with Crippen molar-refractivity contribution in [2.24, 2.45) is 0 Å². The molecular formula is C7H8. The van der Waals surface area contributed by atoms with E-state index < -0.39 is 0 Å². The van der Waals surface area contributed by atoms with Crippen molar-refractivity contribution >= 4 is 0 Å². The van der Waals surface area contributed by atoms with Gasteiger partial charge in [-0.3, -0.25) is 0 Å². The van der Waals surface area contributed by atoms with E-state index in [0.717, 1.165) is 5.56 Å². The molecule has 0 spiro atoms. The predicted octanol–water partition coefficient (Wildman–Crippen LogP) is 2.00. The van der Waals surface area contributed by atoms with Gasteiger partial charge in [0.2, 0.25) is 0 Å². The second-order valence-electron chi connectivity index (χ2n) is 1.55. The zero-order valence-electron chi connectivity index (χ0n) is 5.31. The Morgan fingerprint density at radius 2 is 2.29 bits per heavy atom. The fourth-order valence-electron chi connectivity index (χ4n) is 0.483. The molecule has 0 heteroatoms. The largest absolute Gasteiger partial charge is 0.0625 e. The molecular weight excluding hydrogens is 84.1 g/mol. The Labute approximate surface area is 45.2 Å². The van der Waals surface area contributed by atoms with Crippen molar-refractivity contribution in [1.82, 2.24) is 0 Å². The van der Waals surface area contributed by atoms with Gasteiger partial charge in [0.05, 0.1) is 1.37 Å². The van der Waals surface area contributed by atoms with Gasteiger partial charge in [-0.1, -0.05) is 35.9 Å². The zero-order chi connectivity index (χ0) is 5.98. The molecule has 0 heterocycles. The summed E-state index contributed by atoms with van der Waals surface area (Å²) in [7, 11) is 0. The van der Waals surface area contributed by atoms with E-state index in [1.54, 1.807) is 6.07 Å². The van der Waals surface area contributed by atoms with Crippen molar-refractivity contribution in [1.29, 1.82) is 0 Å². The van der Waals surface area contributed by atoms with Gasteiger partial charge in [0, 0.05) is 0 Å². The van der Waals surface area contributed by atoms with Crippen LogP contribution in [0.2, 0.25) is 0 Å². The molecule has 0 saturated carbocycles. The quantitative estimate of drug-likeness (QED) is 0.461. The van der Waals surface area contributed by atoms with Gasteiger partial charge >= 0.3 is 0 Å². The molecule has 7 heavy (non-hydrogen) atoms. The highest BCUT2D eigenvalue weighted by Crippen LogP contribution is 1.92. The predicted molar refractivity (Wildman–Crippen MR) is 31.2 cm³/mol. The Balaban J connectivity index is 3.13. The molecule has 0 N–H and O–H groups in total. The summed E-state index contributed by atoms with van der Waals surface area (Å²) in [4.78, 5) is 0. The molecule has 0 amide bonds. The molecule has 0 aliphatic rings. The summed E-state index contributed by atoms with van der Waals surface area (Å²) in [6.45, 7) is 1.93. The average molecular weight is 94.1 g/mol. The van der Waals surface area contributed by atoms with E-state index in [0.29, 0.717) is 6.04 Å². The highest BCUT2D eigenvalue weighted by atomic mass is 13.8. The Bertz CT molecular complexity index is 160. The lowest BCUT2D eigenvalue weighted by molar-refractivity contribution is 1.48. The summed E-state index contributed by atoms with van der Waals surface area (Å²) in [6.07, 6.45) is 0. The lowest BCUT2D eigenvalue weighted by Gasteiger charge is -1.82. The highest BCUT2D eigenvalue weighted by molar-refractivity contribution is 5.11. The molecule has 0 nitrogen and oxygen atoms in total. The fourth-order valence-corrected chi connectivity index (χ4v) is 0.483. The minimum absolute atomic E-state index is 0.618. The summed E-state index contributed by atoms with van der Waals surface area (Å²) in [5.74, 6) is 0. The summed E-state index contributed by atoms with van der Waals surface area (Å²) in [5, 5.41) is 0. The average Bonchev–Trinajstić information content (AvgIpc) is 1.77. The number of rotatable bonds is 0. The molecule has 1 aromatic carbocycles. The Kier molecular flexibility index (Phi) is 0.828. The summed E-state index contributed by atoms with van der Waals surface area (Å²) < 4.78 is 7.22. The Hall–Kier alpha value is -0.780. The maximum Gasteiger partial charge on any atom is 0.0625 e. The first kappa shape index (κ1) is 3.25. The van der Waals surface area contributed by atoms with E-state index in [-0.39, 0.29) is 0 Å². The molecule has 0 atom stereocenters. The molecule has 0 aliphatic carbocycles. The molecule has 36 valence electrons. The molecule has 0 saturated heterocycles. The van der Waals surface area contributed by atoms with Crippen LogP contribution in [0.25, 0.3) is 0 Å². The maximum absolute atomic E-state index is 7.22. The van der Waals surface area contributed by atoms with Crippen molar-refractivity contribution in [2.45, 2.75) is 6.92 Å². The third-order valence-corrected chi connectivity index (χ3v) is 0.865. The number of aryl methyl sites for hydroxylation is 1. The van der Waals surface area contributed by atoms with E-state index in [1.165, 1.54) is 0 Å². The first-order valence-corrected chi connectivity index (χ1v) is 2.33. The normalized spacial score (nSPS) is 10.7. The summed E-state index contributed by atoms with van der Waals surface area (Å²) >= 11 is 0. The standard InChI is InChI=1S/C7H8/c1-7-5-3-2-4-6-7/h2-6H,1H3/i5T. The van der Waals surface area contributed by atoms with Gasteiger partial charge in [0.15, 0.2) is 0 Å². The third kappa shape index (κ3) is 1.04. The summed E-state index contributed by atoms with van der Waals surface area (Å²) in [5.41, 5.74) is 1.03. The number of benzene rings is 1. The molecule has 0 fully saturated rings. The fraction of sp³-hybridized carbons (Fsp3) is 0.143. The van der Waals surface area contributed by atoms with E-state index in [1.807, 2.05) is 25.1 Å². The lowest BCUT2D eigenvalue weighted by atomic mass is 10.2. The van der Waals surface area contributed by atoms with Crippen LogP contribution in [0.15, 0.2) is 30.3 Å². The van der Waals surface area contributed by atoms with Gasteiger partial charge < -0.3 is 0 Å². The summed E-state index contributed by atoms with van der Waals surface area (Å²) in [6, 6.07) is 8.15. The van der Waals surface area contributed by atoms with E-state index in [2.05, 4.69) is 0 Å². The number of hydrogen-bond donors (Lipinski definition) is 0. The molecule has 0 aliphatic heterocycles. The van der Waals surface area contributed by atoms with E-state index in [4.69, 9.17) is 1.37 Å². The van der Waals surface area contributed by atoms with Gasteiger partial charge in [0.25, 0.3) is 0 Å². The monoisotopic (exact) mass is 94.1 g/mol. The first-order chi connectivity index (χ1) is 3.80. The van der Waals surface area contributed by atoms with Crippen LogP contribution in [0.1, 0.15) is 6.93 Å². The van der Waals surface area contributed by atoms with E-state index >= 15 is 0 Å². The minimum Gasteiger partial charge on any atom is -0.0622 e. The van der Waals surface area contributed by atoms with Crippen LogP contribution in [-0.4, -0.2) is 0 Å². The molecule has 1 aromatic rings. The maximum atomic E-state index is 7.22. The minimum atomic E-state index is 0.618. The Morgan fingerprint density at radius 3 is 2.71 bits per heavy atom. The Morgan fingerprint density at radius 1 is 1.43 bits per heavy atom.